The Bertz CT molecular complexity index is 378. The van der Waals surface area contributed by atoms with Crippen LogP contribution in [0.5, 0.6) is 0 Å². The molecule has 27 heavy (non-hydrogen) atoms. The zero-order valence-electron chi connectivity index (χ0n) is 17.2. The monoisotopic (exact) mass is 404 g/mol. The van der Waals surface area contributed by atoms with E-state index < -0.39 is 21.1 Å². The molecule has 0 fully saturated rings. The molecule has 0 aliphatic heterocycles. The van der Waals surface area contributed by atoms with Gasteiger partial charge in [0.2, 0.25) is 0 Å². The molecule has 8 heteroatoms. The van der Waals surface area contributed by atoms with E-state index in [1.54, 1.807) is 7.11 Å². The largest absolute Gasteiger partial charge is 0.503 e. The fraction of sp³-hybridized carbons (Fsp3) is 0.684. The standard InChI is InChI=1S/C19H36O7Si/c1-8-15-24-27(25-16-9-2,26-18(10-3)20-7)17-14-19(21-11-4,22-12-5)23-13-6/h11-13,18H,4-6,8-10,14-17H2,1-3,7H3. The second-order valence-electron chi connectivity index (χ2n) is 5.61. The van der Waals surface area contributed by atoms with Crippen LogP contribution in [0.2, 0.25) is 6.04 Å². The molecule has 1 atom stereocenters. The lowest BCUT2D eigenvalue weighted by Gasteiger charge is -2.35. The van der Waals surface area contributed by atoms with Crippen LogP contribution in [-0.2, 0) is 32.2 Å². The molecule has 1 unspecified atom stereocenters. The fourth-order valence-electron chi connectivity index (χ4n) is 2.27. The van der Waals surface area contributed by atoms with E-state index in [9.17, 15) is 0 Å². The highest BCUT2D eigenvalue weighted by Gasteiger charge is 2.48. The van der Waals surface area contributed by atoms with Crippen molar-refractivity contribution in [2.45, 2.75) is 64.8 Å². The van der Waals surface area contributed by atoms with Crippen molar-refractivity contribution in [3.8, 4) is 0 Å². The molecule has 0 aromatic rings. The molecule has 0 aliphatic rings. The Morgan fingerprint density at radius 1 is 0.889 bits per heavy atom. The quantitative estimate of drug-likeness (QED) is 0.176. The highest BCUT2D eigenvalue weighted by molar-refractivity contribution is 6.60. The molecule has 0 aromatic heterocycles. The SMILES string of the molecule is C=COC(CC[Si](OCCC)(OCCC)OC(CC)OC)(OC=C)OC=C. The molecule has 0 saturated carbocycles. The second kappa shape index (κ2) is 14.7. The molecule has 0 N–H and O–H groups in total. The third kappa shape index (κ3) is 9.43. The number of rotatable bonds is 19. The molecule has 0 aromatic carbocycles. The molecule has 0 radical (unpaired) electrons. The lowest BCUT2D eigenvalue weighted by atomic mass is 10.4. The molecule has 0 rings (SSSR count). The summed E-state index contributed by atoms with van der Waals surface area (Å²) in [6.07, 6.45) is 5.85. The van der Waals surface area contributed by atoms with E-state index in [2.05, 4.69) is 19.7 Å². The summed E-state index contributed by atoms with van der Waals surface area (Å²) in [5.41, 5.74) is 0. The Morgan fingerprint density at radius 3 is 1.70 bits per heavy atom. The Labute approximate surface area is 165 Å². The predicted molar refractivity (Wildman–Crippen MR) is 106 cm³/mol. The van der Waals surface area contributed by atoms with Gasteiger partial charge in [0.25, 0.3) is 0 Å². The summed E-state index contributed by atoms with van der Waals surface area (Å²) in [7, 11) is -1.51. The third-order valence-corrected chi connectivity index (χ3v) is 6.26. The first-order chi connectivity index (χ1) is 13.0. The second-order valence-corrected chi connectivity index (χ2v) is 8.29. The molecule has 0 heterocycles. The normalized spacial score (nSPS) is 12.9. The molecular formula is C19H36O7Si. The smallest absolute Gasteiger partial charge is 0.429 e. The fourth-order valence-corrected chi connectivity index (χ4v) is 5.21. The van der Waals surface area contributed by atoms with Crippen LogP contribution in [0.25, 0.3) is 0 Å². The molecule has 0 saturated heterocycles. The van der Waals surface area contributed by atoms with E-state index in [1.165, 1.54) is 18.8 Å². The molecule has 158 valence electrons. The van der Waals surface area contributed by atoms with Crippen molar-refractivity contribution in [2.24, 2.45) is 0 Å². The minimum absolute atomic E-state index is 0.247. The highest BCUT2D eigenvalue weighted by atomic mass is 28.4. The lowest BCUT2D eigenvalue weighted by Crippen LogP contribution is -2.51. The van der Waals surface area contributed by atoms with E-state index in [0.29, 0.717) is 25.7 Å². The van der Waals surface area contributed by atoms with Gasteiger partial charge >= 0.3 is 14.8 Å². The average Bonchev–Trinajstić information content (AvgIpc) is 2.67. The van der Waals surface area contributed by atoms with Crippen molar-refractivity contribution in [2.75, 3.05) is 20.3 Å². The van der Waals surface area contributed by atoms with Gasteiger partial charge in [-0.25, -0.2) is 0 Å². The average molecular weight is 405 g/mol. The summed E-state index contributed by atoms with van der Waals surface area (Å²) in [6, 6.07) is 0.377. The van der Waals surface area contributed by atoms with Crippen LogP contribution in [0.4, 0.5) is 0 Å². The van der Waals surface area contributed by atoms with Crippen LogP contribution in [0.15, 0.2) is 38.5 Å². The maximum absolute atomic E-state index is 6.20. The van der Waals surface area contributed by atoms with E-state index in [0.717, 1.165) is 12.8 Å². The Kier molecular flexibility index (Phi) is 14.0. The molecule has 0 aliphatic carbocycles. The highest BCUT2D eigenvalue weighted by Crippen LogP contribution is 2.30. The minimum atomic E-state index is -3.11. The van der Waals surface area contributed by atoms with Gasteiger partial charge in [0.05, 0.1) is 25.2 Å². The van der Waals surface area contributed by atoms with Gasteiger partial charge in [-0.3, -0.25) is 0 Å². The van der Waals surface area contributed by atoms with E-state index in [1.807, 2.05) is 20.8 Å². The number of hydrogen-bond acceptors (Lipinski definition) is 7. The van der Waals surface area contributed by atoms with Crippen LogP contribution in [0.1, 0.15) is 46.5 Å². The first-order valence-electron chi connectivity index (χ1n) is 9.35. The van der Waals surface area contributed by atoms with Crippen molar-refractivity contribution in [1.29, 1.82) is 0 Å². The van der Waals surface area contributed by atoms with Crippen LogP contribution >= 0.6 is 0 Å². The lowest BCUT2D eigenvalue weighted by molar-refractivity contribution is -0.319. The number of methoxy groups -OCH3 is 1. The van der Waals surface area contributed by atoms with Crippen LogP contribution in [-0.4, -0.2) is 41.4 Å². The maximum Gasteiger partial charge on any atom is 0.503 e. The van der Waals surface area contributed by atoms with Gasteiger partial charge in [-0.15, -0.1) is 0 Å². The topological polar surface area (TPSA) is 64.6 Å². The third-order valence-electron chi connectivity index (χ3n) is 3.49. The van der Waals surface area contributed by atoms with Gasteiger partial charge in [-0.1, -0.05) is 40.5 Å². The molecule has 0 bridgehead atoms. The minimum Gasteiger partial charge on any atom is -0.429 e. The van der Waals surface area contributed by atoms with Crippen molar-refractivity contribution in [3.05, 3.63) is 38.5 Å². The summed E-state index contributed by atoms with van der Waals surface area (Å²) in [5.74, 6) is -1.47. The van der Waals surface area contributed by atoms with E-state index in [4.69, 9.17) is 32.2 Å². The summed E-state index contributed by atoms with van der Waals surface area (Å²) >= 11 is 0. The Morgan fingerprint density at radius 2 is 1.37 bits per heavy atom. The van der Waals surface area contributed by atoms with Crippen molar-refractivity contribution >= 4 is 8.80 Å². The van der Waals surface area contributed by atoms with Gasteiger partial charge in [-0.05, 0) is 19.3 Å². The first-order valence-corrected chi connectivity index (χ1v) is 11.3. The zero-order chi connectivity index (χ0) is 20.6. The summed E-state index contributed by atoms with van der Waals surface area (Å²) < 4.78 is 40.2. The van der Waals surface area contributed by atoms with Crippen molar-refractivity contribution in [1.82, 2.24) is 0 Å². The summed E-state index contributed by atoms with van der Waals surface area (Å²) in [6.45, 7) is 17.8. The van der Waals surface area contributed by atoms with Gasteiger partial charge in [0.15, 0.2) is 6.29 Å². The first kappa shape index (κ1) is 25.7. The summed E-state index contributed by atoms with van der Waals surface area (Å²) in [5, 5.41) is 0. The van der Waals surface area contributed by atoms with Crippen molar-refractivity contribution in [3.63, 3.8) is 0 Å². The Hall–Kier alpha value is -1.32. The maximum atomic E-state index is 6.20. The van der Waals surface area contributed by atoms with Crippen molar-refractivity contribution < 1.29 is 32.2 Å². The number of hydrogen-bond donors (Lipinski definition) is 0. The zero-order valence-corrected chi connectivity index (χ0v) is 18.2. The van der Waals surface area contributed by atoms with Crippen LogP contribution in [0.3, 0.4) is 0 Å². The van der Waals surface area contributed by atoms with Gasteiger partial charge in [0.1, 0.15) is 0 Å². The van der Waals surface area contributed by atoms with Crippen LogP contribution < -0.4 is 0 Å². The predicted octanol–water partition coefficient (Wildman–Crippen LogP) is 4.70. The molecular weight excluding hydrogens is 368 g/mol. The van der Waals surface area contributed by atoms with Gasteiger partial charge in [0, 0.05) is 26.4 Å². The molecule has 0 amide bonds. The van der Waals surface area contributed by atoms with E-state index in [-0.39, 0.29) is 6.42 Å². The summed E-state index contributed by atoms with van der Waals surface area (Å²) in [4.78, 5) is 0. The van der Waals surface area contributed by atoms with Crippen LogP contribution in [0, 0.1) is 0 Å². The molecule has 7 nitrogen and oxygen atoms in total. The van der Waals surface area contributed by atoms with Gasteiger partial charge in [-0.2, -0.15) is 0 Å². The Balaban J connectivity index is 5.59. The van der Waals surface area contributed by atoms with Gasteiger partial charge < -0.3 is 32.2 Å². The number of ether oxygens (including phenoxy) is 4. The van der Waals surface area contributed by atoms with E-state index >= 15 is 0 Å². The molecule has 0 spiro atoms.